The quantitative estimate of drug-likeness (QED) is 0.297. The van der Waals surface area contributed by atoms with Gasteiger partial charge in [-0.3, -0.25) is 9.59 Å². The molecule has 1 unspecified atom stereocenters. The van der Waals surface area contributed by atoms with E-state index in [1.54, 1.807) is 31.2 Å². The highest BCUT2D eigenvalue weighted by Crippen LogP contribution is 2.40. The Hall–Kier alpha value is -2.66. The zero-order chi connectivity index (χ0) is 21.1. The first-order valence-electron chi connectivity index (χ1n) is 9.65. The lowest BCUT2D eigenvalue weighted by Gasteiger charge is -2.25. The van der Waals surface area contributed by atoms with E-state index in [9.17, 15) is 19.1 Å². The van der Waals surface area contributed by atoms with Crippen LogP contribution in [0.5, 0.6) is 0 Å². The van der Waals surface area contributed by atoms with E-state index in [-0.39, 0.29) is 11.3 Å². The Morgan fingerprint density at radius 3 is 2.45 bits per heavy atom. The molecule has 0 spiro atoms. The number of nitrogens with zero attached hydrogens (tertiary/aromatic N) is 1. The Balaban J connectivity index is 2.13. The molecule has 29 heavy (non-hydrogen) atoms. The average Bonchev–Trinajstić information content (AvgIpc) is 2.95. The van der Waals surface area contributed by atoms with Crippen molar-refractivity contribution >= 4 is 29.1 Å². The molecular weight excluding hydrogens is 393 g/mol. The van der Waals surface area contributed by atoms with Gasteiger partial charge in [0.1, 0.15) is 11.6 Å². The number of Topliss-reactive ketones (excluding diaryl/α,β-unsaturated/α-hetero) is 1. The molecule has 6 heteroatoms. The molecule has 1 aliphatic heterocycles. The molecule has 152 valence electrons. The Labute approximate surface area is 174 Å². The summed E-state index contributed by atoms with van der Waals surface area (Å²) < 4.78 is 13.7. The molecule has 1 saturated heterocycles. The molecule has 0 bridgehead atoms. The molecule has 0 radical (unpaired) electrons. The van der Waals surface area contributed by atoms with Gasteiger partial charge in [-0.2, -0.15) is 0 Å². The van der Waals surface area contributed by atoms with Crippen LogP contribution in [-0.4, -0.2) is 28.2 Å². The third kappa shape index (κ3) is 4.20. The molecule has 0 aliphatic carbocycles. The SMILES string of the molecule is CCCCCN1C(=O)C(=O)/C(=C(\O)c2ccc(F)c(C)c2)C1c1ccc(Cl)cc1. The fourth-order valence-electron chi connectivity index (χ4n) is 3.58. The van der Waals surface area contributed by atoms with E-state index in [0.717, 1.165) is 19.3 Å². The summed E-state index contributed by atoms with van der Waals surface area (Å²) in [6.45, 7) is 4.04. The van der Waals surface area contributed by atoms with Gasteiger partial charge in [0.25, 0.3) is 11.7 Å². The lowest BCUT2D eigenvalue weighted by molar-refractivity contribution is -0.139. The normalized spacial score (nSPS) is 18.5. The number of halogens is 2. The van der Waals surface area contributed by atoms with Crippen LogP contribution in [0.1, 0.15) is 48.9 Å². The van der Waals surface area contributed by atoms with Crippen molar-refractivity contribution in [1.29, 1.82) is 0 Å². The van der Waals surface area contributed by atoms with Gasteiger partial charge in [-0.1, -0.05) is 43.5 Å². The number of hydrogen-bond acceptors (Lipinski definition) is 3. The van der Waals surface area contributed by atoms with E-state index >= 15 is 0 Å². The standard InChI is InChI=1S/C23H23ClFNO3/c1-3-4-5-12-26-20(15-6-9-17(24)10-7-15)19(22(28)23(26)29)21(27)16-8-11-18(25)14(2)13-16/h6-11,13,20,27H,3-5,12H2,1-2H3/b21-19-. The van der Waals surface area contributed by atoms with E-state index in [1.165, 1.54) is 23.1 Å². The van der Waals surface area contributed by atoms with Crippen molar-refractivity contribution in [1.82, 2.24) is 4.90 Å². The molecule has 2 aromatic carbocycles. The number of likely N-dealkylation sites (tertiary alicyclic amines) is 1. The minimum atomic E-state index is -0.735. The van der Waals surface area contributed by atoms with E-state index in [4.69, 9.17) is 11.6 Å². The van der Waals surface area contributed by atoms with Crippen LogP contribution < -0.4 is 0 Å². The number of aryl methyl sites for hydroxylation is 1. The lowest BCUT2D eigenvalue weighted by Crippen LogP contribution is -2.30. The Kier molecular flexibility index (Phi) is 6.38. The third-order valence-corrected chi connectivity index (χ3v) is 5.41. The topological polar surface area (TPSA) is 57.6 Å². The predicted octanol–water partition coefficient (Wildman–Crippen LogP) is 5.40. The summed E-state index contributed by atoms with van der Waals surface area (Å²) in [7, 11) is 0. The zero-order valence-corrected chi connectivity index (χ0v) is 17.2. The minimum absolute atomic E-state index is 0.0137. The molecule has 1 aliphatic rings. The molecule has 1 N–H and O–H groups in total. The van der Waals surface area contributed by atoms with Crippen LogP contribution in [0.3, 0.4) is 0 Å². The third-order valence-electron chi connectivity index (χ3n) is 5.16. The fourth-order valence-corrected chi connectivity index (χ4v) is 3.71. The lowest BCUT2D eigenvalue weighted by atomic mass is 9.95. The van der Waals surface area contributed by atoms with Gasteiger partial charge in [0, 0.05) is 17.1 Å². The summed E-state index contributed by atoms with van der Waals surface area (Å²) in [6.07, 6.45) is 2.65. The summed E-state index contributed by atoms with van der Waals surface area (Å²) >= 11 is 6.00. The first-order valence-corrected chi connectivity index (χ1v) is 10.0. The van der Waals surface area contributed by atoms with E-state index < -0.39 is 23.5 Å². The van der Waals surface area contributed by atoms with Crippen molar-refractivity contribution < 1.29 is 19.1 Å². The molecule has 3 rings (SSSR count). The van der Waals surface area contributed by atoms with Crippen LogP contribution in [-0.2, 0) is 9.59 Å². The summed E-state index contributed by atoms with van der Waals surface area (Å²) in [6, 6.07) is 10.3. The molecule has 2 aromatic rings. The molecular formula is C23H23ClFNO3. The Morgan fingerprint density at radius 2 is 1.83 bits per heavy atom. The van der Waals surface area contributed by atoms with Crippen molar-refractivity contribution in [2.45, 2.75) is 39.2 Å². The van der Waals surface area contributed by atoms with Crippen molar-refractivity contribution in [2.24, 2.45) is 0 Å². The van der Waals surface area contributed by atoms with Crippen LogP contribution >= 0.6 is 11.6 Å². The predicted molar refractivity (Wildman–Crippen MR) is 111 cm³/mol. The number of carbonyl (C=O) groups is 2. The maximum atomic E-state index is 13.7. The number of hydrogen-bond donors (Lipinski definition) is 1. The summed E-state index contributed by atoms with van der Waals surface area (Å²) in [5.41, 5.74) is 1.34. The summed E-state index contributed by atoms with van der Waals surface area (Å²) in [4.78, 5) is 27.1. The van der Waals surface area contributed by atoms with Crippen molar-refractivity contribution in [2.75, 3.05) is 6.54 Å². The number of aliphatic hydroxyl groups excluding tert-OH is 1. The van der Waals surface area contributed by atoms with Crippen molar-refractivity contribution in [3.63, 3.8) is 0 Å². The first-order chi connectivity index (χ1) is 13.8. The number of carbonyl (C=O) groups excluding carboxylic acids is 2. The zero-order valence-electron chi connectivity index (χ0n) is 16.4. The van der Waals surface area contributed by atoms with Gasteiger partial charge >= 0.3 is 0 Å². The van der Waals surface area contributed by atoms with Gasteiger partial charge < -0.3 is 10.0 Å². The molecule has 1 amide bonds. The van der Waals surface area contributed by atoms with Crippen LogP contribution in [0.4, 0.5) is 4.39 Å². The second-order valence-electron chi connectivity index (χ2n) is 7.22. The molecule has 1 atom stereocenters. The molecule has 1 heterocycles. The van der Waals surface area contributed by atoms with Gasteiger partial charge in [0.15, 0.2) is 0 Å². The van der Waals surface area contributed by atoms with Gasteiger partial charge in [0.05, 0.1) is 11.6 Å². The highest BCUT2D eigenvalue weighted by Gasteiger charge is 2.45. The Morgan fingerprint density at radius 1 is 1.14 bits per heavy atom. The maximum absolute atomic E-state index is 13.7. The van der Waals surface area contributed by atoms with Gasteiger partial charge in [-0.05, 0) is 54.8 Å². The number of aliphatic hydroxyl groups is 1. The van der Waals surface area contributed by atoms with Crippen LogP contribution in [0.15, 0.2) is 48.0 Å². The van der Waals surface area contributed by atoms with Crippen LogP contribution in [0, 0.1) is 12.7 Å². The van der Waals surface area contributed by atoms with E-state index in [1.807, 2.05) is 0 Å². The fraction of sp³-hybridized carbons (Fsp3) is 0.304. The minimum Gasteiger partial charge on any atom is -0.507 e. The second-order valence-corrected chi connectivity index (χ2v) is 7.65. The largest absolute Gasteiger partial charge is 0.507 e. The first kappa shape index (κ1) is 21.1. The van der Waals surface area contributed by atoms with Crippen LogP contribution in [0.25, 0.3) is 5.76 Å². The second kappa shape index (κ2) is 8.78. The number of rotatable bonds is 6. The van der Waals surface area contributed by atoms with E-state index in [0.29, 0.717) is 28.3 Å². The monoisotopic (exact) mass is 415 g/mol. The molecule has 4 nitrogen and oxygen atoms in total. The number of amides is 1. The van der Waals surface area contributed by atoms with Crippen molar-refractivity contribution in [3.05, 3.63) is 75.6 Å². The maximum Gasteiger partial charge on any atom is 0.295 e. The van der Waals surface area contributed by atoms with Crippen molar-refractivity contribution in [3.8, 4) is 0 Å². The molecule has 0 saturated carbocycles. The smallest absolute Gasteiger partial charge is 0.295 e. The summed E-state index contributed by atoms with van der Waals surface area (Å²) in [5, 5.41) is 11.5. The highest BCUT2D eigenvalue weighted by molar-refractivity contribution is 6.46. The molecule has 0 aromatic heterocycles. The number of benzene rings is 2. The highest BCUT2D eigenvalue weighted by atomic mass is 35.5. The number of ketones is 1. The van der Waals surface area contributed by atoms with Gasteiger partial charge in [-0.25, -0.2) is 4.39 Å². The Bertz CT molecular complexity index is 969. The van der Waals surface area contributed by atoms with Gasteiger partial charge in [0.2, 0.25) is 0 Å². The summed E-state index contributed by atoms with van der Waals surface area (Å²) in [5.74, 6) is -2.08. The van der Waals surface area contributed by atoms with Crippen LogP contribution in [0.2, 0.25) is 5.02 Å². The number of unbranched alkanes of at least 4 members (excludes halogenated alkanes) is 2. The average molecular weight is 416 g/mol. The molecule has 1 fully saturated rings. The van der Waals surface area contributed by atoms with Gasteiger partial charge in [-0.15, -0.1) is 0 Å². The van der Waals surface area contributed by atoms with E-state index in [2.05, 4.69) is 6.92 Å².